The fourth-order valence-electron chi connectivity index (χ4n) is 2.94. The molecule has 0 saturated heterocycles. The maximum atomic E-state index is 12.4. The molecule has 0 spiro atoms. The Hall–Kier alpha value is -2.88. The van der Waals surface area contributed by atoms with Gasteiger partial charge in [-0.1, -0.05) is 59.8 Å². The van der Waals surface area contributed by atoms with E-state index in [1.54, 1.807) is 6.08 Å². The van der Waals surface area contributed by atoms with Crippen LogP contribution in [0.1, 0.15) is 78.9 Å². The van der Waals surface area contributed by atoms with Crippen molar-refractivity contribution in [3.8, 4) is 5.75 Å². The minimum atomic E-state index is -1.02. The third kappa shape index (κ3) is 4.89. The van der Waals surface area contributed by atoms with Crippen molar-refractivity contribution in [2.45, 2.75) is 52.4 Å². The largest absolute Gasteiger partial charge is 0.507 e. The second-order valence-corrected chi connectivity index (χ2v) is 9.04. The molecule has 2 aromatic carbocycles. The van der Waals surface area contributed by atoms with Crippen LogP contribution < -0.4 is 0 Å². The second kappa shape index (κ2) is 7.63. The summed E-state index contributed by atoms with van der Waals surface area (Å²) in [5.41, 5.74) is 2.57. The van der Waals surface area contributed by atoms with E-state index in [0.29, 0.717) is 11.3 Å². The number of carboxylic acids is 1. The van der Waals surface area contributed by atoms with Crippen molar-refractivity contribution in [1.29, 1.82) is 0 Å². The van der Waals surface area contributed by atoms with Crippen molar-refractivity contribution in [3.63, 3.8) is 0 Å². The molecular formula is C24H28O4. The molecule has 0 aliphatic heterocycles. The Morgan fingerprint density at radius 3 is 1.64 bits per heavy atom. The number of hydrogen-bond donors (Lipinski definition) is 2. The van der Waals surface area contributed by atoms with E-state index in [-0.39, 0.29) is 22.2 Å². The highest BCUT2D eigenvalue weighted by molar-refractivity contribution is 6.07. The van der Waals surface area contributed by atoms with E-state index in [1.807, 2.05) is 53.7 Å². The minimum Gasteiger partial charge on any atom is -0.507 e. The van der Waals surface area contributed by atoms with Crippen LogP contribution in [0.3, 0.4) is 0 Å². The van der Waals surface area contributed by atoms with Crippen LogP contribution in [0.15, 0.2) is 42.5 Å². The van der Waals surface area contributed by atoms with Gasteiger partial charge >= 0.3 is 5.97 Å². The lowest BCUT2D eigenvalue weighted by Gasteiger charge is -2.27. The van der Waals surface area contributed by atoms with Crippen LogP contribution in [0.4, 0.5) is 0 Å². The lowest BCUT2D eigenvalue weighted by atomic mass is 9.78. The highest BCUT2D eigenvalue weighted by Crippen LogP contribution is 2.40. The van der Waals surface area contributed by atoms with Gasteiger partial charge in [-0.05, 0) is 46.7 Å². The average Bonchev–Trinajstić information content (AvgIpc) is 2.58. The molecule has 0 radical (unpaired) electrons. The Balaban J connectivity index is 2.41. The van der Waals surface area contributed by atoms with Crippen LogP contribution in [0.5, 0.6) is 5.75 Å². The molecule has 0 aromatic heterocycles. The van der Waals surface area contributed by atoms with Crippen LogP contribution >= 0.6 is 0 Å². The molecule has 0 fully saturated rings. The highest BCUT2D eigenvalue weighted by atomic mass is 16.4. The number of phenols is 1. The number of rotatable bonds is 4. The summed E-state index contributed by atoms with van der Waals surface area (Å²) < 4.78 is 0. The zero-order valence-corrected chi connectivity index (χ0v) is 17.3. The summed E-state index contributed by atoms with van der Waals surface area (Å²) in [5, 5.41) is 19.7. The van der Waals surface area contributed by atoms with Gasteiger partial charge in [0.15, 0.2) is 5.78 Å². The van der Waals surface area contributed by atoms with Crippen molar-refractivity contribution < 1.29 is 19.8 Å². The van der Waals surface area contributed by atoms with Crippen molar-refractivity contribution in [2.24, 2.45) is 0 Å². The second-order valence-electron chi connectivity index (χ2n) is 9.04. The Morgan fingerprint density at radius 2 is 1.25 bits per heavy atom. The molecule has 2 rings (SSSR count). The zero-order valence-electron chi connectivity index (χ0n) is 17.3. The van der Waals surface area contributed by atoms with Crippen LogP contribution in [0.25, 0.3) is 6.08 Å². The molecule has 28 heavy (non-hydrogen) atoms. The maximum Gasteiger partial charge on any atom is 0.335 e. The van der Waals surface area contributed by atoms with Gasteiger partial charge in [0.1, 0.15) is 5.75 Å². The lowest BCUT2D eigenvalue weighted by molar-refractivity contribution is 0.0696. The molecule has 0 amide bonds. The SMILES string of the molecule is CC(C)(C)c1cc(C=CC(=O)c2ccc(C(=O)O)cc2)cc(C(C)(C)C)c1O. The number of benzene rings is 2. The Morgan fingerprint density at radius 1 is 0.821 bits per heavy atom. The first-order chi connectivity index (χ1) is 12.8. The van der Waals surface area contributed by atoms with Crippen LogP contribution in [0, 0.1) is 0 Å². The summed E-state index contributed by atoms with van der Waals surface area (Å²) in [5.74, 6) is -0.935. The molecule has 0 aliphatic rings. The van der Waals surface area contributed by atoms with E-state index in [9.17, 15) is 14.7 Å². The molecule has 4 nitrogen and oxygen atoms in total. The third-order valence-corrected chi connectivity index (χ3v) is 4.59. The zero-order chi connectivity index (χ0) is 21.3. The number of carboxylic acid groups (broad SMARTS) is 1. The van der Waals surface area contributed by atoms with E-state index < -0.39 is 5.97 Å². The highest BCUT2D eigenvalue weighted by Gasteiger charge is 2.26. The molecule has 2 aromatic rings. The van der Waals surface area contributed by atoms with Crippen LogP contribution in [0.2, 0.25) is 0 Å². The number of carbonyl (C=O) groups is 2. The number of phenolic OH excluding ortho intramolecular Hbond substituents is 1. The smallest absolute Gasteiger partial charge is 0.335 e. The predicted octanol–water partition coefficient (Wildman–Crippen LogP) is 5.58. The first kappa shape index (κ1) is 21.4. The topological polar surface area (TPSA) is 74.6 Å². The number of hydrogen-bond acceptors (Lipinski definition) is 3. The van der Waals surface area contributed by atoms with Gasteiger partial charge < -0.3 is 10.2 Å². The Kier molecular flexibility index (Phi) is 5.83. The van der Waals surface area contributed by atoms with Gasteiger partial charge in [0.25, 0.3) is 0 Å². The van der Waals surface area contributed by atoms with Gasteiger partial charge in [0.05, 0.1) is 5.56 Å². The van der Waals surface area contributed by atoms with Gasteiger partial charge in [-0.2, -0.15) is 0 Å². The fraction of sp³-hybridized carbons (Fsp3) is 0.333. The van der Waals surface area contributed by atoms with Crippen LogP contribution in [-0.4, -0.2) is 22.0 Å². The molecule has 2 N–H and O–H groups in total. The van der Waals surface area contributed by atoms with Crippen molar-refractivity contribution in [1.82, 2.24) is 0 Å². The van der Waals surface area contributed by atoms with E-state index in [4.69, 9.17) is 5.11 Å². The number of ketones is 1. The van der Waals surface area contributed by atoms with E-state index >= 15 is 0 Å². The molecule has 0 bridgehead atoms. The number of aromatic hydroxyl groups is 1. The van der Waals surface area contributed by atoms with Gasteiger partial charge in [-0.15, -0.1) is 0 Å². The molecule has 0 atom stereocenters. The summed E-state index contributed by atoms with van der Waals surface area (Å²) in [6, 6.07) is 9.66. The quantitative estimate of drug-likeness (QED) is 0.536. The molecule has 148 valence electrons. The normalized spacial score (nSPS) is 12.4. The number of aromatic carboxylic acids is 1. The minimum absolute atomic E-state index is 0.142. The lowest BCUT2D eigenvalue weighted by Crippen LogP contribution is -2.17. The molecule has 0 aliphatic carbocycles. The first-order valence-electron chi connectivity index (χ1n) is 9.24. The summed E-state index contributed by atoms with van der Waals surface area (Å²) in [4.78, 5) is 23.4. The van der Waals surface area contributed by atoms with Crippen molar-refractivity contribution in [2.75, 3.05) is 0 Å². The first-order valence-corrected chi connectivity index (χ1v) is 9.24. The molecule has 4 heteroatoms. The van der Waals surface area contributed by atoms with Crippen LogP contribution in [-0.2, 0) is 10.8 Å². The van der Waals surface area contributed by atoms with E-state index in [1.165, 1.54) is 30.3 Å². The number of allylic oxidation sites excluding steroid dienone is 1. The van der Waals surface area contributed by atoms with Gasteiger partial charge in [0.2, 0.25) is 0 Å². The predicted molar refractivity (Wildman–Crippen MR) is 112 cm³/mol. The fourth-order valence-corrected chi connectivity index (χ4v) is 2.94. The summed E-state index contributed by atoms with van der Waals surface area (Å²) in [7, 11) is 0. The van der Waals surface area contributed by atoms with E-state index in [2.05, 4.69) is 0 Å². The average molecular weight is 380 g/mol. The molecule has 0 saturated carbocycles. The standard InChI is InChI=1S/C24H28O4/c1-23(2,3)18-13-15(14-19(21(18)26)24(4,5)6)7-12-20(25)16-8-10-17(11-9-16)22(27)28/h7-14,26H,1-6H3,(H,27,28). The summed E-state index contributed by atoms with van der Waals surface area (Å²) in [6.45, 7) is 12.2. The summed E-state index contributed by atoms with van der Waals surface area (Å²) in [6.07, 6.45) is 3.21. The van der Waals surface area contributed by atoms with Crippen molar-refractivity contribution >= 4 is 17.8 Å². The third-order valence-electron chi connectivity index (χ3n) is 4.59. The van der Waals surface area contributed by atoms with Gasteiger partial charge in [-0.3, -0.25) is 4.79 Å². The Labute approximate surface area is 166 Å². The van der Waals surface area contributed by atoms with Gasteiger partial charge in [-0.25, -0.2) is 4.79 Å². The molecular weight excluding hydrogens is 352 g/mol. The maximum absolute atomic E-state index is 12.4. The Bertz CT molecular complexity index is 886. The van der Waals surface area contributed by atoms with E-state index in [0.717, 1.165) is 16.7 Å². The molecule has 0 heterocycles. The molecule has 0 unspecified atom stereocenters. The monoisotopic (exact) mass is 380 g/mol. The van der Waals surface area contributed by atoms with Gasteiger partial charge in [0, 0.05) is 16.7 Å². The van der Waals surface area contributed by atoms with Crippen molar-refractivity contribution in [3.05, 3.63) is 70.3 Å². The number of carbonyl (C=O) groups excluding carboxylic acids is 1. The summed E-state index contributed by atoms with van der Waals surface area (Å²) >= 11 is 0.